The molecule has 0 saturated heterocycles. The van der Waals surface area contributed by atoms with E-state index in [9.17, 15) is 4.79 Å². The lowest BCUT2D eigenvalue weighted by molar-refractivity contribution is -0.118. The summed E-state index contributed by atoms with van der Waals surface area (Å²) in [4.78, 5) is 17.1. The molecule has 4 rings (SSSR count). The Morgan fingerprint density at radius 3 is 2.88 bits per heavy atom. The minimum absolute atomic E-state index is 0.0816. The Bertz CT molecular complexity index is 775. The molecule has 2 aliphatic rings. The van der Waals surface area contributed by atoms with Crippen molar-refractivity contribution in [3.8, 4) is 11.5 Å². The number of carbonyl (C=O) groups excluding carboxylic acids is 1. The first-order chi connectivity index (χ1) is 11.8. The van der Waals surface area contributed by atoms with E-state index in [-0.39, 0.29) is 5.91 Å². The van der Waals surface area contributed by atoms with Gasteiger partial charge in [-0.05, 0) is 18.2 Å². The van der Waals surface area contributed by atoms with Crippen LogP contribution in [0.25, 0.3) is 0 Å². The Labute approximate surface area is 141 Å². The van der Waals surface area contributed by atoms with Crippen LogP contribution in [0.3, 0.4) is 0 Å². The summed E-state index contributed by atoms with van der Waals surface area (Å²) in [5.74, 6) is 1.70. The van der Waals surface area contributed by atoms with Crippen LogP contribution in [-0.4, -0.2) is 39.3 Å². The minimum Gasteiger partial charge on any atom is -0.496 e. The van der Waals surface area contributed by atoms with Crippen molar-refractivity contribution in [2.45, 2.75) is 6.42 Å². The van der Waals surface area contributed by atoms with Gasteiger partial charge in [0, 0.05) is 18.7 Å². The van der Waals surface area contributed by atoms with E-state index in [1.165, 1.54) is 0 Å². The van der Waals surface area contributed by atoms with Gasteiger partial charge in [0.25, 0.3) is 0 Å². The lowest BCUT2D eigenvalue weighted by Crippen LogP contribution is -2.47. The van der Waals surface area contributed by atoms with Crippen LogP contribution < -0.4 is 19.3 Å². The molecule has 5 heteroatoms. The molecular formula is C19H20N2O3. The van der Waals surface area contributed by atoms with Crippen LogP contribution in [0.4, 0.5) is 11.4 Å². The van der Waals surface area contributed by atoms with Gasteiger partial charge in [-0.2, -0.15) is 0 Å². The number of hydrogen-bond acceptors (Lipinski definition) is 4. The number of nitrogens with zero attached hydrogens (tertiary/aromatic N) is 2. The van der Waals surface area contributed by atoms with Gasteiger partial charge in [-0.25, -0.2) is 0 Å². The minimum atomic E-state index is 0.0816. The van der Waals surface area contributed by atoms with Gasteiger partial charge in [0.2, 0.25) is 5.91 Å². The summed E-state index contributed by atoms with van der Waals surface area (Å²) in [6, 6.07) is 13.6. The molecule has 1 amide bonds. The van der Waals surface area contributed by atoms with Crippen LogP contribution >= 0.6 is 0 Å². The number of carbonyl (C=O) groups is 1. The molecule has 5 nitrogen and oxygen atoms in total. The highest BCUT2D eigenvalue weighted by atomic mass is 16.5. The van der Waals surface area contributed by atoms with E-state index >= 15 is 0 Å². The van der Waals surface area contributed by atoms with Crippen molar-refractivity contribution in [2.24, 2.45) is 0 Å². The lowest BCUT2D eigenvalue weighted by atomic mass is 10.1. The number of benzene rings is 2. The third-order valence-electron chi connectivity index (χ3n) is 4.63. The number of anilines is 2. The molecule has 0 radical (unpaired) electrons. The largest absolute Gasteiger partial charge is 0.496 e. The van der Waals surface area contributed by atoms with Gasteiger partial charge in [0.1, 0.15) is 23.8 Å². The third kappa shape index (κ3) is 2.46. The molecule has 2 aliphatic heterocycles. The van der Waals surface area contributed by atoms with Gasteiger partial charge in [0.15, 0.2) is 0 Å². The quantitative estimate of drug-likeness (QED) is 0.870. The van der Waals surface area contributed by atoms with Crippen LogP contribution in [0.1, 0.15) is 5.56 Å². The zero-order valence-corrected chi connectivity index (χ0v) is 13.7. The predicted molar refractivity (Wildman–Crippen MR) is 93.2 cm³/mol. The number of amides is 1. The van der Waals surface area contributed by atoms with E-state index in [0.29, 0.717) is 19.6 Å². The number of para-hydroxylation sites is 2. The van der Waals surface area contributed by atoms with Crippen LogP contribution in [0.2, 0.25) is 0 Å². The normalized spacial score (nSPS) is 15.5. The number of methoxy groups -OCH3 is 1. The van der Waals surface area contributed by atoms with Crippen LogP contribution in [0, 0.1) is 0 Å². The van der Waals surface area contributed by atoms with Crippen molar-refractivity contribution in [3.63, 3.8) is 0 Å². The first kappa shape index (κ1) is 14.9. The van der Waals surface area contributed by atoms with Gasteiger partial charge >= 0.3 is 0 Å². The van der Waals surface area contributed by atoms with Crippen LogP contribution in [0.15, 0.2) is 42.5 Å². The van der Waals surface area contributed by atoms with Gasteiger partial charge in [-0.1, -0.05) is 24.3 Å². The van der Waals surface area contributed by atoms with Crippen LogP contribution in [0.5, 0.6) is 11.5 Å². The van der Waals surface area contributed by atoms with Gasteiger partial charge < -0.3 is 19.3 Å². The highest BCUT2D eigenvalue weighted by Crippen LogP contribution is 2.42. The van der Waals surface area contributed by atoms with Crippen LogP contribution in [-0.2, 0) is 11.2 Å². The molecule has 2 heterocycles. The molecule has 0 atom stereocenters. The fraction of sp³-hybridized carbons (Fsp3) is 0.316. The average molecular weight is 324 g/mol. The standard InChI is InChI=1S/C19H20N2O3/c1-23-16-7-3-2-5-14(16)13-18(22)21-10-9-20-11-12-24-17-8-4-6-15(21)19(17)20/h2-8H,9-13H2,1H3. The van der Waals surface area contributed by atoms with Crippen molar-refractivity contribution in [1.82, 2.24) is 0 Å². The fourth-order valence-corrected chi connectivity index (χ4v) is 3.47. The average Bonchev–Trinajstić information content (AvgIpc) is 2.63. The first-order valence-electron chi connectivity index (χ1n) is 8.21. The molecule has 0 unspecified atom stereocenters. The van der Waals surface area contributed by atoms with E-state index in [2.05, 4.69) is 4.90 Å². The zero-order chi connectivity index (χ0) is 16.5. The smallest absolute Gasteiger partial charge is 0.231 e. The zero-order valence-electron chi connectivity index (χ0n) is 13.7. The number of ether oxygens (including phenoxy) is 2. The van der Waals surface area contributed by atoms with Gasteiger partial charge in [-0.3, -0.25) is 4.79 Å². The van der Waals surface area contributed by atoms with Gasteiger partial charge in [0.05, 0.1) is 25.8 Å². The monoisotopic (exact) mass is 324 g/mol. The lowest BCUT2D eigenvalue weighted by Gasteiger charge is -2.41. The molecule has 0 aromatic heterocycles. The molecule has 0 bridgehead atoms. The molecule has 0 fully saturated rings. The van der Waals surface area contributed by atoms with E-state index < -0.39 is 0 Å². The first-order valence-corrected chi connectivity index (χ1v) is 8.21. The summed E-state index contributed by atoms with van der Waals surface area (Å²) in [6.45, 7) is 3.11. The molecule has 24 heavy (non-hydrogen) atoms. The van der Waals surface area contributed by atoms with E-state index in [1.807, 2.05) is 47.4 Å². The molecule has 0 aliphatic carbocycles. The van der Waals surface area contributed by atoms with Crippen molar-refractivity contribution in [3.05, 3.63) is 48.0 Å². The summed E-state index contributed by atoms with van der Waals surface area (Å²) in [7, 11) is 1.63. The molecule has 124 valence electrons. The van der Waals surface area contributed by atoms with E-state index in [0.717, 1.165) is 41.5 Å². The second-order valence-corrected chi connectivity index (χ2v) is 5.99. The van der Waals surface area contributed by atoms with Crippen molar-refractivity contribution >= 4 is 17.3 Å². The molecule has 0 saturated carbocycles. The Morgan fingerprint density at radius 2 is 2.00 bits per heavy atom. The third-order valence-corrected chi connectivity index (χ3v) is 4.63. The Hall–Kier alpha value is -2.69. The topological polar surface area (TPSA) is 42.0 Å². The SMILES string of the molecule is COc1ccccc1CC(=O)N1CCN2CCOc3cccc1c32. The van der Waals surface area contributed by atoms with Crippen molar-refractivity contribution in [2.75, 3.05) is 43.2 Å². The summed E-state index contributed by atoms with van der Waals surface area (Å²) in [6.07, 6.45) is 0.328. The van der Waals surface area contributed by atoms with E-state index in [4.69, 9.17) is 9.47 Å². The summed E-state index contributed by atoms with van der Waals surface area (Å²) in [5.41, 5.74) is 2.90. The van der Waals surface area contributed by atoms with Crippen molar-refractivity contribution in [1.29, 1.82) is 0 Å². The highest BCUT2D eigenvalue weighted by molar-refractivity contribution is 6.00. The summed E-state index contributed by atoms with van der Waals surface area (Å²) in [5, 5.41) is 0. The Kier molecular flexibility index (Phi) is 3.76. The molecule has 0 N–H and O–H groups in total. The molecule has 2 aromatic rings. The van der Waals surface area contributed by atoms with Gasteiger partial charge in [-0.15, -0.1) is 0 Å². The number of hydrogen-bond donors (Lipinski definition) is 0. The fourth-order valence-electron chi connectivity index (χ4n) is 3.47. The molecule has 0 spiro atoms. The van der Waals surface area contributed by atoms with E-state index in [1.54, 1.807) is 7.11 Å². The maximum Gasteiger partial charge on any atom is 0.231 e. The summed E-state index contributed by atoms with van der Waals surface area (Å²) < 4.78 is 11.1. The molecular weight excluding hydrogens is 304 g/mol. The Morgan fingerprint density at radius 1 is 1.12 bits per heavy atom. The molecule has 2 aromatic carbocycles. The predicted octanol–water partition coefficient (Wildman–Crippen LogP) is 2.48. The second-order valence-electron chi connectivity index (χ2n) is 5.99. The summed E-state index contributed by atoms with van der Waals surface area (Å²) >= 11 is 0. The maximum atomic E-state index is 12.9. The highest BCUT2D eigenvalue weighted by Gasteiger charge is 2.31. The second kappa shape index (κ2) is 6.07. The number of rotatable bonds is 3. The Balaban J connectivity index is 1.64. The van der Waals surface area contributed by atoms with Crippen molar-refractivity contribution < 1.29 is 14.3 Å². The maximum absolute atomic E-state index is 12.9.